The van der Waals surface area contributed by atoms with Crippen molar-refractivity contribution in [3.8, 4) is 0 Å². The van der Waals surface area contributed by atoms with Gasteiger partial charge in [-0.1, -0.05) is 24.3 Å². The number of thiophene rings is 1. The van der Waals surface area contributed by atoms with Crippen molar-refractivity contribution >= 4 is 27.3 Å². The van der Waals surface area contributed by atoms with E-state index in [0.29, 0.717) is 0 Å². The van der Waals surface area contributed by atoms with E-state index in [1.165, 1.54) is 20.5 Å². The normalized spacial score (nSPS) is 10.6. The van der Waals surface area contributed by atoms with Crippen LogP contribution in [0.25, 0.3) is 0 Å². The van der Waals surface area contributed by atoms with Crippen LogP contribution >= 0.6 is 27.3 Å². The van der Waals surface area contributed by atoms with Gasteiger partial charge in [-0.25, -0.2) is 0 Å². The first-order chi connectivity index (χ1) is 7.75. The van der Waals surface area contributed by atoms with Gasteiger partial charge in [0, 0.05) is 27.8 Å². The van der Waals surface area contributed by atoms with Crippen LogP contribution in [0.15, 0.2) is 40.2 Å². The van der Waals surface area contributed by atoms with E-state index in [2.05, 4.69) is 63.9 Å². The molecule has 0 radical (unpaired) electrons. The Bertz CT molecular complexity index is 464. The van der Waals surface area contributed by atoms with E-state index >= 15 is 0 Å². The number of nitrogens with one attached hydrogen (secondary N) is 1. The third kappa shape index (κ3) is 3.17. The zero-order chi connectivity index (χ0) is 11.4. The van der Waals surface area contributed by atoms with E-state index in [4.69, 9.17) is 0 Å². The molecule has 3 heteroatoms. The van der Waals surface area contributed by atoms with Crippen molar-refractivity contribution in [2.75, 3.05) is 0 Å². The van der Waals surface area contributed by atoms with E-state index in [1.54, 1.807) is 11.3 Å². The van der Waals surface area contributed by atoms with Crippen molar-refractivity contribution < 1.29 is 0 Å². The van der Waals surface area contributed by atoms with Crippen molar-refractivity contribution in [2.24, 2.45) is 0 Å². The van der Waals surface area contributed by atoms with Gasteiger partial charge in [0.25, 0.3) is 0 Å². The average molecular weight is 296 g/mol. The molecule has 0 amide bonds. The van der Waals surface area contributed by atoms with Crippen LogP contribution in [-0.2, 0) is 13.1 Å². The van der Waals surface area contributed by atoms with Crippen LogP contribution in [-0.4, -0.2) is 0 Å². The van der Waals surface area contributed by atoms with Crippen LogP contribution < -0.4 is 5.32 Å². The zero-order valence-electron chi connectivity index (χ0n) is 9.16. The SMILES string of the molecule is Cc1ccccc1CNCc1cc(Br)cs1. The summed E-state index contributed by atoms with van der Waals surface area (Å²) >= 11 is 5.24. The molecule has 0 fully saturated rings. The molecule has 0 saturated heterocycles. The molecule has 0 saturated carbocycles. The molecule has 0 aliphatic rings. The van der Waals surface area contributed by atoms with Gasteiger partial charge in [-0.05, 0) is 40.0 Å². The number of rotatable bonds is 4. The lowest BCUT2D eigenvalue weighted by Crippen LogP contribution is -2.12. The highest BCUT2D eigenvalue weighted by Crippen LogP contribution is 2.19. The predicted octanol–water partition coefficient (Wildman–Crippen LogP) is 4.11. The van der Waals surface area contributed by atoms with Crippen LogP contribution in [0.4, 0.5) is 0 Å². The molecule has 2 rings (SSSR count). The lowest BCUT2D eigenvalue weighted by molar-refractivity contribution is 0.698. The number of halogens is 1. The molecule has 16 heavy (non-hydrogen) atoms. The topological polar surface area (TPSA) is 12.0 Å². The number of hydrogen-bond donors (Lipinski definition) is 1. The molecular formula is C13H14BrNS. The van der Waals surface area contributed by atoms with Gasteiger partial charge >= 0.3 is 0 Å². The third-order valence-corrected chi connectivity index (χ3v) is 4.20. The van der Waals surface area contributed by atoms with Crippen LogP contribution in [0, 0.1) is 6.92 Å². The number of aryl methyl sites for hydroxylation is 1. The molecule has 1 aromatic heterocycles. The molecule has 1 aromatic carbocycles. The smallest absolute Gasteiger partial charge is 0.0303 e. The second kappa shape index (κ2) is 5.62. The van der Waals surface area contributed by atoms with Crippen molar-refractivity contribution in [1.82, 2.24) is 5.32 Å². The fraction of sp³-hybridized carbons (Fsp3) is 0.231. The van der Waals surface area contributed by atoms with Crippen molar-refractivity contribution in [3.05, 3.63) is 56.2 Å². The molecule has 0 unspecified atom stereocenters. The molecule has 0 aliphatic carbocycles. The quantitative estimate of drug-likeness (QED) is 0.895. The van der Waals surface area contributed by atoms with Crippen LogP contribution in [0.3, 0.4) is 0 Å². The zero-order valence-corrected chi connectivity index (χ0v) is 11.6. The molecule has 0 atom stereocenters. The van der Waals surface area contributed by atoms with Gasteiger partial charge in [-0.2, -0.15) is 0 Å². The summed E-state index contributed by atoms with van der Waals surface area (Å²) in [5.41, 5.74) is 2.72. The number of benzene rings is 1. The second-order valence-corrected chi connectivity index (χ2v) is 5.67. The summed E-state index contributed by atoms with van der Waals surface area (Å²) in [6, 6.07) is 10.7. The van der Waals surface area contributed by atoms with Gasteiger partial charge in [-0.3, -0.25) is 0 Å². The first-order valence-corrected chi connectivity index (χ1v) is 6.91. The Morgan fingerprint density at radius 2 is 2.06 bits per heavy atom. The summed E-state index contributed by atoms with van der Waals surface area (Å²) in [4.78, 5) is 1.36. The van der Waals surface area contributed by atoms with Gasteiger partial charge in [0.1, 0.15) is 0 Å². The van der Waals surface area contributed by atoms with E-state index in [9.17, 15) is 0 Å². The maximum atomic E-state index is 3.46. The fourth-order valence-electron chi connectivity index (χ4n) is 1.58. The van der Waals surface area contributed by atoms with Crippen molar-refractivity contribution in [1.29, 1.82) is 0 Å². The maximum Gasteiger partial charge on any atom is 0.0303 e. The van der Waals surface area contributed by atoms with Crippen molar-refractivity contribution in [3.63, 3.8) is 0 Å². The summed E-state index contributed by atoms with van der Waals surface area (Å²) in [6.07, 6.45) is 0. The first-order valence-electron chi connectivity index (χ1n) is 5.24. The molecule has 1 nitrogen and oxygen atoms in total. The Morgan fingerprint density at radius 3 is 2.75 bits per heavy atom. The number of hydrogen-bond acceptors (Lipinski definition) is 2. The van der Waals surface area contributed by atoms with Crippen LogP contribution in [0.5, 0.6) is 0 Å². The summed E-state index contributed by atoms with van der Waals surface area (Å²) in [7, 11) is 0. The highest BCUT2D eigenvalue weighted by molar-refractivity contribution is 9.10. The highest BCUT2D eigenvalue weighted by atomic mass is 79.9. The summed E-state index contributed by atoms with van der Waals surface area (Å²) in [5.74, 6) is 0. The molecule has 0 aliphatic heterocycles. The molecule has 0 spiro atoms. The largest absolute Gasteiger partial charge is 0.308 e. The van der Waals surface area contributed by atoms with Gasteiger partial charge in [0.05, 0.1) is 0 Å². The average Bonchev–Trinajstić information content (AvgIpc) is 2.67. The first kappa shape index (κ1) is 11.8. The van der Waals surface area contributed by atoms with Gasteiger partial charge in [0.15, 0.2) is 0 Å². The molecular weight excluding hydrogens is 282 g/mol. The summed E-state index contributed by atoms with van der Waals surface area (Å²) in [5, 5.41) is 5.58. The van der Waals surface area contributed by atoms with Gasteiger partial charge in [-0.15, -0.1) is 11.3 Å². The Balaban J connectivity index is 1.87. The minimum absolute atomic E-state index is 0.933. The second-order valence-electron chi connectivity index (χ2n) is 3.76. The lowest BCUT2D eigenvalue weighted by Gasteiger charge is -2.06. The maximum absolute atomic E-state index is 3.46. The lowest BCUT2D eigenvalue weighted by atomic mass is 10.1. The Kier molecular flexibility index (Phi) is 4.16. The molecule has 2 aromatic rings. The highest BCUT2D eigenvalue weighted by Gasteiger charge is 1.99. The minimum Gasteiger partial charge on any atom is -0.308 e. The molecule has 1 heterocycles. The molecule has 84 valence electrons. The predicted molar refractivity (Wildman–Crippen MR) is 73.7 cm³/mol. The monoisotopic (exact) mass is 295 g/mol. The van der Waals surface area contributed by atoms with Crippen LogP contribution in [0.1, 0.15) is 16.0 Å². The van der Waals surface area contributed by atoms with E-state index < -0.39 is 0 Å². The summed E-state index contributed by atoms with van der Waals surface area (Å²) < 4.78 is 1.17. The molecule has 0 bridgehead atoms. The van der Waals surface area contributed by atoms with Gasteiger partial charge < -0.3 is 5.32 Å². The third-order valence-electron chi connectivity index (χ3n) is 2.50. The van der Waals surface area contributed by atoms with E-state index in [0.717, 1.165) is 13.1 Å². The fourth-order valence-corrected chi connectivity index (χ4v) is 3.00. The van der Waals surface area contributed by atoms with E-state index in [-0.39, 0.29) is 0 Å². The Labute approximate surface area is 109 Å². The Hall–Kier alpha value is -0.640. The van der Waals surface area contributed by atoms with E-state index in [1.807, 2.05) is 0 Å². The van der Waals surface area contributed by atoms with Crippen LogP contribution in [0.2, 0.25) is 0 Å². The summed E-state index contributed by atoms with van der Waals surface area (Å²) in [6.45, 7) is 4.02. The minimum atomic E-state index is 0.933. The Morgan fingerprint density at radius 1 is 1.25 bits per heavy atom. The van der Waals surface area contributed by atoms with Gasteiger partial charge in [0.2, 0.25) is 0 Å². The van der Waals surface area contributed by atoms with Crippen molar-refractivity contribution in [2.45, 2.75) is 20.0 Å². The standard InChI is InChI=1S/C13H14BrNS/c1-10-4-2-3-5-11(10)7-15-8-13-6-12(14)9-16-13/h2-6,9,15H,7-8H2,1H3. The molecule has 1 N–H and O–H groups in total.